The number of fused-ring (bicyclic) bond motifs is 5. The number of nitrogens with zero attached hydrogens (tertiary/aromatic N) is 2. The standard InChI is InChI=1S/C33H23N4O2/c1-19-15-21(25-7-5-13-34-25)31-23(17-19)27-9-3-11-29-30-12-4-10-28-24-18-20(2)16-22(26-8-6-14-35-26)32(24)39-33(38-31,36(27)29)37(28)30/h3-18,34H,1-2H3/q+1/p+1. The maximum Gasteiger partial charge on any atom is 0.716 e. The van der Waals surface area contributed by atoms with Crippen molar-refractivity contribution in [3.63, 3.8) is 0 Å². The van der Waals surface area contributed by atoms with Crippen LogP contribution in [-0.4, -0.2) is 9.97 Å². The van der Waals surface area contributed by atoms with Crippen LogP contribution in [0.25, 0.3) is 56.4 Å². The van der Waals surface area contributed by atoms with E-state index in [1.54, 1.807) is 0 Å². The van der Waals surface area contributed by atoms with Gasteiger partial charge in [0.1, 0.15) is 0 Å². The average Bonchev–Trinajstić information content (AvgIpc) is 3.72. The second-order valence-electron chi connectivity index (χ2n) is 10.6. The fourth-order valence-electron chi connectivity index (χ4n) is 6.56. The lowest BCUT2D eigenvalue weighted by molar-refractivity contribution is -1.03. The molecule has 186 valence electrons. The Kier molecular flexibility index (Phi) is 3.78. The molecule has 6 heteroatoms. The number of H-pyrrole nitrogens is 2. The van der Waals surface area contributed by atoms with Crippen molar-refractivity contribution in [3.05, 3.63) is 108 Å². The zero-order chi connectivity index (χ0) is 25.9. The molecule has 0 radical (unpaired) electrons. The van der Waals surface area contributed by atoms with Gasteiger partial charge in [0, 0.05) is 59.2 Å². The van der Waals surface area contributed by atoms with Crippen LogP contribution < -0.4 is 18.6 Å². The Labute approximate surface area is 224 Å². The molecule has 0 unspecified atom stereocenters. The molecule has 0 fully saturated rings. The van der Waals surface area contributed by atoms with Crippen LogP contribution in [0.2, 0.25) is 0 Å². The van der Waals surface area contributed by atoms with Crippen LogP contribution in [0.3, 0.4) is 0 Å². The highest BCUT2D eigenvalue weighted by Gasteiger charge is 2.73. The number of hydrogen-bond acceptors (Lipinski definition) is 2. The van der Waals surface area contributed by atoms with E-state index in [1.807, 2.05) is 24.5 Å². The van der Waals surface area contributed by atoms with Gasteiger partial charge in [-0.2, -0.15) is 0 Å². The number of aryl methyl sites for hydroxylation is 2. The number of aromatic nitrogens is 4. The van der Waals surface area contributed by atoms with Gasteiger partial charge >= 0.3 is 6.03 Å². The molecule has 2 aromatic carbocycles. The second-order valence-corrected chi connectivity index (χ2v) is 10.6. The molecule has 4 aromatic heterocycles. The van der Waals surface area contributed by atoms with Crippen LogP contribution >= 0.6 is 0 Å². The predicted octanol–water partition coefficient (Wildman–Crippen LogP) is 6.08. The summed E-state index contributed by atoms with van der Waals surface area (Å²) in [5.74, 6) is 1.60. The number of pyridine rings is 2. The molecule has 0 atom stereocenters. The molecule has 3 aliphatic heterocycles. The summed E-state index contributed by atoms with van der Waals surface area (Å²) in [5, 5.41) is 0. The van der Waals surface area contributed by atoms with E-state index >= 15 is 0 Å². The number of hydrogen-bond donors (Lipinski definition) is 2. The maximum atomic E-state index is 7.20. The minimum atomic E-state index is -1.26. The lowest BCUT2D eigenvalue weighted by Crippen LogP contribution is -2.79. The van der Waals surface area contributed by atoms with E-state index in [1.165, 1.54) is 11.1 Å². The summed E-state index contributed by atoms with van der Waals surface area (Å²) in [7, 11) is 0. The molecule has 6 aromatic rings. The zero-order valence-corrected chi connectivity index (χ0v) is 21.4. The van der Waals surface area contributed by atoms with Crippen molar-refractivity contribution in [1.82, 2.24) is 9.97 Å². The minimum Gasteiger partial charge on any atom is -0.361 e. The van der Waals surface area contributed by atoms with Gasteiger partial charge in [0.25, 0.3) is 11.4 Å². The highest BCUT2D eigenvalue weighted by Crippen LogP contribution is 2.50. The molecule has 3 aliphatic rings. The third kappa shape index (κ3) is 2.55. The van der Waals surface area contributed by atoms with Gasteiger partial charge in [-0.05, 0) is 94.8 Å². The van der Waals surface area contributed by atoms with Gasteiger partial charge in [-0.25, -0.2) is 0 Å². The van der Waals surface area contributed by atoms with Crippen LogP contribution in [0.4, 0.5) is 0 Å². The van der Waals surface area contributed by atoms with Crippen molar-refractivity contribution < 1.29 is 18.6 Å². The Morgan fingerprint density at radius 3 is 1.41 bits per heavy atom. The number of benzene rings is 2. The third-order valence-electron chi connectivity index (χ3n) is 8.07. The van der Waals surface area contributed by atoms with Crippen LogP contribution in [-0.2, 0) is 6.03 Å². The van der Waals surface area contributed by atoms with Crippen molar-refractivity contribution in [2.75, 3.05) is 0 Å². The van der Waals surface area contributed by atoms with E-state index in [-0.39, 0.29) is 0 Å². The predicted molar refractivity (Wildman–Crippen MR) is 147 cm³/mol. The zero-order valence-electron chi connectivity index (χ0n) is 21.4. The van der Waals surface area contributed by atoms with Crippen LogP contribution in [0.15, 0.2) is 97.3 Å². The Balaban J connectivity index is 1.40. The first-order valence-corrected chi connectivity index (χ1v) is 13.2. The SMILES string of the molecule is Cc1cc(-c2ccc[nH]2)c2c(c1)-c1cccc3[n+]1C1(O2)Oc2c(-c4ccc[nH]4)cc(C)cc2-c2cccc-3[n+]21. The van der Waals surface area contributed by atoms with Gasteiger partial charge in [0.2, 0.25) is 11.4 Å². The Morgan fingerprint density at radius 2 is 0.974 bits per heavy atom. The average molecular weight is 509 g/mol. The van der Waals surface area contributed by atoms with E-state index in [2.05, 4.69) is 106 Å². The molecule has 0 saturated heterocycles. The molecule has 1 spiro atoms. The smallest absolute Gasteiger partial charge is 0.361 e. The number of rotatable bonds is 2. The Bertz CT molecular complexity index is 1840. The van der Waals surface area contributed by atoms with Gasteiger partial charge in [-0.3, -0.25) is 0 Å². The summed E-state index contributed by atoms with van der Waals surface area (Å²) in [6, 6.07) is 28.6. The molecule has 7 heterocycles. The summed E-state index contributed by atoms with van der Waals surface area (Å²) in [5.41, 5.74) is 12.7. The number of ether oxygens (including phenoxy) is 2. The fraction of sp³-hybridized carbons (Fsp3) is 0.0909. The van der Waals surface area contributed by atoms with Crippen LogP contribution in [0.1, 0.15) is 11.1 Å². The van der Waals surface area contributed by atoms with Gasteiger partial charge in [-0.15, -0.1) is 0 Å². The molecule has 0 amide bonds. The van der Waals surface area contributed by atoms with E-state index in [9.17, 15) is 0 Å². The van der Waals surface area contributed by atoms with Crippen LogP contribution in [0, 0.1) is 13.8 Å². The van der Waals surface area contributed by atoms with Crippen LogP contribution in [0.5, 0.6) is 11.5 Å². The van der Waals surface area contributed by atoms with Crippen molar-refractivity contribution in [3.8, 4) is 67.9 Å². The Morgan fingerprint density at radius 1 is 0.538 bits per heavy atom. The monoisotopic (exact) mass is 508 g/mol. The summed E-state index contributed by atoms with van der Waals surface area (Å²) >= 11 is 0. The van der Waals surface area contributed by atoms with E-state index < -0.39 is 6.03 Å². The summed E-state index contributed by atoms with van der Waals surface area (Å²) in [6.45, 7) is 4.26. The number of nitrogens with one attached hydrogen (secondary N) is 2. The normalized spacial score (nSPS) is 14.5. The molecule has 6 nitrogen and oxygen atoms in total. The molecule has 2 N–H and O–H groups in total. The van der Waals surface area contributed by atoms with E-state index in [0.717, 1.165) is 67.9 Å². The molecule has 39 heavy (non-hydrogen) atoms. The lowest BCUT2D eigenvalue weighted by atomic mass is 9.97. The van der Waals surface area contributed by atoms with Crippen molar-refractivity contribution >= 4 is 0 Å². The topological polar surface area (TPSA) is 57.8 Å². The van der Waals surface area contributed by atoms with Crippen molar-refractivity contribution in [1.29, 1.82) is 0 Å². The first-order valence-electron chi connectivity index (χ1n) is 13.2. The summed E-state index contributed by atoms with van der Waals surface area (Å²) < 4.78 is 18.8. The molecular formula is C33H24N4O2+2. The van der Waals surface area contributed by atoms with E-state index in [0.29, 0.717) is 0 Å². The molecule has 0 saturated carbocycles. The quantitative estimate of drug-likeness (QED) is 0.278. The van der Waals surface area contributed by atoms with Gasteiger partial charge in [0.15, 0.2) is 11.5 Å². The minimum absolute atomic E-state index is 0.798. The summed E-state index contributed by atoms with van der Waals surface area (Å²) in [4.78, 5) is 6.77. The molecular weight excluding hydrogens is 484 g/mol. The van der Waals surface area contributed by atoms with Crippen molar-refractivity contribution in [2.45, 2.75) is 19.9 Å². The maximum absolute atomic E-state index is 7.20. The molecule has 0 bridgehead atoms. The lowest BCUT2D eigenvalue weighted by Gasteiger charge is -2.31. The highest BCUT2D eigenvalue weighted by molar-refractivity contribution is 5.83. The van der Waals surface area contributed by atoms with E-state index in [4.69, 9.17) is 9.47 Å². The van der Waals surface area contributed by atoms with Gasteiger partial charge < -0.3 is 19.4 Å². The second kappa shape index (κ2) is 7.05. The highest BCUT2D eigenvalue weighted by atomic mass is 16.7. The largest absolute Gasteiger partial charge is 0.716 e. The summed E-state index contributed by atoms with van der Waals surface area (Å²) in [6.07, 6.45) is 3.89. The van der Waals surface area contributed by atoms with Crippen molar-refractivity contribution in [2.24, 2.45) is 0 Å². The van der Waals surface area contributed by atoms with Gasteiger partial charge in [-0.1, -0.05) is 0 Å². The first-order chi connectivity index (χ1) is 19.1. The Hall–Kier alpha value is -5.10. The third-order valence-corrected chi connectivity index (χ3v) is 8.07. The van der Waals surface area contributed by atoms with Gasteiger partial charge in [0.05, 0.1) is 11.1 Å². The first kappa shape index (κ1) is 20.9. The number of aromatic amines is 2. The fourth-order valence-corrected chi connectivity index (χ4v) is 6.56. The molecule has 0 aliphatic carbocycles. The molecule has 9 rings (SSSR count).